The smallest absolute Gasteiger partial charge is 0.258 e. The van der Waals surface area contributed by atoms with Gasteiger partial charge in [-0.2, -0.15) is 0 Å². The van der Waals surface area contributed by atoms with Gasteiger partial charge >= 0.3 is 0 Å². The van der Waals surface area contributed by atoms with Crippen molar-refractivity contribution in [2.24, 2.45) is 0 Å². The van der Waals surface area contributed by atoms with E-state index in [4.69, 9.17) is 16.3 Å². The number of hydrogen-bond acceptors (Lipinski definition) is 2. The molecule has 0 radical (unpaired) electrons. The van der Waals surface area contributed by atoms with Crippen molar-refractivity contribution in [2.75, 3.05) is 19.1 Å². The van der Waals surface area contributed by atoms with Crippen molar-refractivity contribution in [1.29, 1.82) is 0 Å². The second-order valence-electron chi connectivity index (χ2n) is 5.27. The fraction of sp³-hybridized carbons (Fsp3) is 0.105. The van der Waals surface area contributed by atoms with Crippen LogP contribution in [0.15, 0.2) is 60.7 Å². The van der Waals surface area contributed by atoms with Gasteiger partial charge < -0.3 is 15.1 Å². The highest BCUT2D eigenvalue weighted by atomic mass is 35.5. The fourth-order valence-electron chi connectivity index (χ4n) is 2.46. The van der Waals surface area contributed by atoms with E-state index in [9.17, 15) is 4.79 Å². The highest BCUT2D eigenvalue weighted by Crippen LogP contribution is 2.24. The lowest BCUT2D eigenvalue weighted by atomic mass is 10.1. The Bertz CT molecular complexity index is 862. The highest BCUT2D eigenvalue weighted by molar-refractivity contribution is 6.30. The van der Waals surface area contributed by atoms with Crippen LogP contribution in [-0.2, 0) is 0 Å². The average Bonchev–Trinajstić information content (AvgIpc) is 2.60. The van der Waals surface area contributed by atoms with Crippen LogP contribution in [0.25, 0.3) is 10.8 Å². The number of anilines is 1. The number of methoxy groups -OCH3 is 1. The molecule has 124 valence electrons. The predicted octanol–water partition coefficient (Wildman–Crippen LogP) is 3.95. The Hall–Kier alpha value is -2.56. The molecular formula is C19H18ClNO3. The molecule has 0 aliphatic rings. The molecule has 0 aliphatic heterocycles. The summed E-state index contributed by atoms with van der Waals surface area (Å²) in [6.07, 6.45) is 0. The summed E-state index contributed by atoms with van der Waals surface area (Å²) >= 11 is 5.89. The summed E-state index contributed by atoms with van der Waals surface area (Å²) in [6.45, 7) is 0. The summed E-state index contributed by atoms with van der Waals surface area (Å²) in [4.78, 5) is 14.3. The van der Waals surface area contributed by atoms with Gasteiger partial charge in [0.15, 0.2) is 0 Å². The standard InChI is InChI=1S/C19H16ClNO2.H2O/c1-21(17-8-6-16(20)7-9-17)19(22)15-4-3-14-12-18(23-2)10-5-13(14)11-15;/h3-12H,1-2H3;1H2. The van der Waals surface area contributed by atoms with E-state index in [0.717, 1.165) is 22.2 Å². The number of halogens is 1. The number of fused-ring (bicyclic) bond motifs is 1. The van der Waals surface area contributed by atoms with Gasteiger partial charge in [0.05, 0.1) is 7.11 Å². The van der Waals surface area contributed by atoms with Crippen molar-refractivity contribution in [3.63, 3.8) is 0 Å². The largest absolute Gasteiger partial charge is 0.497 e. The first-order valence-electron chi connectivity index (χ1n) is 7.20. The quantitative estimate of drug-likeness (QED) is 0.722. The SMILES string of the molecule is COc1ccc2cc(C(=O)N(C)c3ccc(Cl)cc3)ccc2c1.O. The molecule has 0 unspecified atom stereocenters. The number of carbonyl (C=O) groups is 1. The number of benzene rings is 3. The third kappa shape index (κ3) is 3.50. The maximum Gasteiger partial charge on any atom is 0.258 e. The van der Waals surface area contributed by atoms with E-state index >= 15 is 0 Å². The zero-order valence-electron chi connectivity index (χ0n) is 13.4. The van der Waals surface area contributed by atoms with Gasteiger partial charge in [0.25, 0.3) is 5.91 Å². The molecule has 0 atom stereocenters. The van der Waals surface area contributed by atoms with Crippen LogP contribution in [0.1, 0.15) is 10.4 Å². The molecule has 2 N–H and O–H groups in total. The lowest BCUT2D eigenvalue weighted by molar-refractivity contribution is 0.0993. The van der Waals surface area contributed by atoms with Crippen LogP contribution in [-0.4, -0.2) is 25.5 Å². The number of hydrogen-bond donors (Lipinski definition) is 0. The average molecular weight is 344 g/mol. The predicted molar refractivity (Wildman–Crippen MR) is 98.3 cm³/mol. The summed E-state index contributed by atoms with van der Waals surface area (Å²) in [6, 6.07) is 18.6. The number of amides is 1. The topological polar surface area (TPSA) is 61.0 Å². The van der Waals surface area contributed by atoms with Crippen molar-refractivity contribution in [1.82, 2.24) is 0 Å². The molecule has 3 rings (SSSR count). The van der Waals surface area contributed by atoms with Crippen molar-refractivity contribution in [3.8, 4) is 5.75 Å². The van der Waals surface area contributed by atoms with E-state index in [1.807, 2.05) is 48.5 Å². The van der Waals surface area contributed by atoms with Gasteiger partial charge in [0, 0.05) is 23.3 Å². The fourth-order valence-corrected chi connectivity index (χ4v) is 2.59. The van der Waals surface area contributed by atoms with E-state index in [1.165, 1.54) is 0 Å². The van der Waals surface area contributed by atoms with Crippen LogP contribution in [0, 0.1) is 0 Å². The zero-order valence-corrected chi connectivity index (χ0v) is 14.2. The molecule has 5 heteroatoms. The molecule has 0 heterocycles. The van der Waals surface area contributed by atoms with Crippen LogP contribution in [0.3, 0.4) is 0 Å². The van der Waals surface area contributed by atoms with Gasteiger partial charge in [-0.3, -0.25) is 4.79 Å². The van der Waals surface area contributed by atoms with Crippen LogP contribution < -0.4 is 9.64 Å². The minimum absolute atomic E-state index is 0. The van der Waals surface area contributed by atoms with Crippen molar-refractivity contribution < 1.29 is 15.0 Å². The second kappa shape index (κ2) is 7.34. The van der Waals surface area contributed by atoms with E-state index in [2.05, 4.69) is 0 Å². The van der Waals surface area contributed by atoms with E-state index in [1.54, 1.807) is 31.2 Å². The number of ether oxygens (including phenoxy) is 1. The Morgan fingerprint density at radius 3 is 2.25 bits per heavy atom. The van der Waals surface area contributed by atoms with Crippen molar-refractivity contribution >= 4 is 34.0 Å². The first-order valence-corrected chi connectivity index (χ1v) is 7.58. The number of nitrogens with zero attached hydrogens (tertiary/aromatic N) is 1. The second-order valence-corrected chi connectivity index (χ2v) is 5.70. The van der Waals surface area contributed by atoms with E-state index in [-0.39, 0.29) is 11.4 Å². The summed E-state index contributed by atoms with van der Waals surface area (Å²) in [7, 11) is 3.39. The molecule has 3 aromatic carbocycles. The van der Waals surface area contributed by atoms with Crippen molar-refractivity contribution in [2.45, 2.75) is 0 Å². The van der Waals surface area contributed by atoms with E-state index < -0.39 is 0 Å². The molecular weight excluding hydrogens is 326 g/mol. The molecule has 0 saturated heterocycles. The van der Waals surface area contributed by atoms with E-state index in [0.29, 0.717) is 10.6 Å². The number of rotatable bonds is 3. The third-order valence-electron chi connectivity index (χ3n) is 3.81. The van der Waals surface area contributed by atoms with Gasteiger partial charge in [0.2, 0.25) is 0 Å². The maximum atomic E-state index is 12.7. The lowest BCUT2D eigenvalue weighted by Gasteiger charge is -2.17. The molecule has 3 aromatic rings. The van der Waals surface area contributed by atoms with Gasteiger partial charge in [0.1, 0.15) is 5.75 Å². The van der Waals surface area contributed by atoms with Gasteiger partial charge in [-0.25, -0.2) is 0 Å². The Morgan fingerprint density at radius 2 is 1.58 bits per heavy atom. The zero-order chi connectivity index (χ0) is 16.4. The van der Waals surface area contributed by atoms with Crippen LogP contribution in [0.5, 0.6) is 5.75 Å². The van der Waals surface area contributed by atoms with Crippen molar-refractivity contribution in [3.05, 3.63) is 71.2 Å². The molecule has 4 nitrogen and oxygen atoms in total. The first kappa shape index (κ1) is 17.8. The summed E-state index contributed by atoms with van der Waals surface area (Å²) in [5, 5.41) is 2.69. The maximum absolute atomic E-state index is 12.7. The minimum atomic E-state index is -0.0648. The Labute approximate surface area is 145 Å². The summed E-state index contributed by atoms with van der Waals surface area (Å²) in [5.74, 6) is 0.736. The molecule has 0 bridgehead atoms. The van der Waals surface area contributed by atoms with Gasteiger partial charge in [-0.05, 0) is 59.3 Å². The molecule has 24 heavy (non-hydrogen) atoms. The monoisotopic (exact) mass is 343 g/mol. The highest BCUT2D eigenvalue weighted by Gasteiger charge is 2.14. The molecule has 0 spiro atoms. The third-order valence-corrected chi connectivity index (χ3v) is 4.06. The first-order chi connectivity index (χ1) is 11.1. The van der Waals surface area contributed by atoms with Gasteiger partial charge in [-0.1, -0.05) is 23.7 Å². The summed E-state index contributed by atoms with van der Waals surface area (Å²) in [5.41, 5.74) is 1.44. The normalized spacial score (nSPS) is 10.1. The van der Waals surface area contributed by atoms with Crippen LogP contribution in [0.4, 0.5) is 5.69 Å². The minimum Gasteiger partial charge on any atom is -0.497 e. The van der Waals surface area contributed by atoms with Gasteiger partial charge in [-0.15, -0.1) is 0 Å². The molecule has 0 aromatic heterocycles. The molecule has 0 fully saturated rings. The van der Waals surface area contributed by atoms with Crippen LogP contribution >= 0.6 is 11.6 Å². The number of carbonyl (C=O) groups excluding carboxylic acids is 1. The summed E-state index contributed by atoms with van der Waals surface area (Å²) < 4.78 is 5.22. The Morgan fingerprint density at radius 1 is 0.958 bits per heavy atom. The molecule has 0 aliphatic carbocycles. The lowest BCUT2D eigenvalue weighted by Crippen LogP contribution is -2.26. The van der Waals surface area contributed by atoms with Crippen LogP contribution in [0.2, 0.25) is 5.02 Å². The Balaban J connectivity index is 0.00000208. The molecule has 0 saturated carbocycles. The Kier molecular flexibility index (Phi) is 5.44. The molecule has 1 amide bonds.